The van der Waals surface area contributed by atoms with E-state index in [0.29, 0.717) is 11.4 Å². The lowest BCUT2D eigenvalue weighted by Gasteiger charge is -2.26. The number of carbonyl (C=O) groups excluding carboxylic acids is 2. The van der Waals surface area contributed by atoms with Crippen LogP contribution in [0.15, 0.2) is 72.3 Å². The number of ether oxygens (including phenoxy) is 1. The Balaban J connectivity index is 2.03. The fraction of sp³-hybridized carbons (Fsp3) is 0.154. The van der Waals surface area contributed by atoms with Gasteiger partial charge < -0.3 is 9.84 Å². The van der Waals surface area contributed by atoms with E-state index >= 15 is 0 Å². The third kappa shape index (κ3) is 3.43. The number of para-hydroxylation sites is 1. The molecule has 0 saturated carbocycles. The van der Waals surface area contributed by atoms with E-state index in [0.717, 1.165) is 11.1 Å². The molecule has 1 aliphatic heterocycles. The van der Waals surface area contributed by atoms with Crippen LogP contribution in [0.25, 0.3) is 5.76 Å². The normalized spacial score (nSPS) is 17.6. The van der Waals surface area contributed by atoms with Gasteiger partial charge in [-0.1, -0.05) is 42.5 Å². The predicted molar refractivity (Wildman–Crippen MR) is 120 cm³/mol. The number of halogens is 1. The quantitative estimate of drug-likeness (QED) is 0.356. The molecule has 5 nitrogen and oxygen atoms in total. The molecule has 0 bridgehead atoms. The van der Waals surface area contributed by atoms with Gasteiger partial charge in [-0.2, -0.15) is 0 Å². The van der Waals surface area contributed by atoms with Gasteiger partial charge in [0.05, 0.1) is 24.3 Å². The number of aliphatic hydroxyl groups excluding tert-OH is 1. The molecule has 1 atom stereocenters. The molecule has 1 unspecified atom stereocenters. The second kappa shape index (κ2) is 8.30. The summed E-state index contributed by atoms with van der Waals surface area (Å²) < 4.78 is 20.4. The van der Waals surface area contributed by atoms with E-state index in [1.807, 2.05) is 19.9 Å². The molecule has 32 heavy (non-hydrogen) atoms. The number of ketones is 1. The zero-order chi connectivity index (χ0) is 23.0. The molecule has 6 heteroatoms. The first-order chi connectivity index (χ1) is 15.3. The van der Waals surface area contributed by atoms with Crippen molar-refractivity contribution < 1.29 is 23.8 Å². The summed E-state index contributed by atoms with van der Waals surface area (Å²) in [7, 11) is 1.46. The van der Waals surface area contributed by atoms with Crippen molar-refractivity contribution in [1.29, 1.82) is 0 Å². The number of nitrogens with zero attached hydrogens (tertiary/aromatic N) is 1. The number of amides is 1. The minimum atomic E-state index is -1.14. The average molecular weight is 431 g/mol. The van der Waals surface area contributed by atoms with Crippen molar-refractivity contribution in [3.63, 3.8) is 0 Å². The van der Waals surface area contributed by atoms with Gasteiger partial charge in [-0.15, -0.1) is 0 Å². The zero-order valence-electron chi connectivity index (χ0n) is 17.9. The highest BCUT2D eigenvalue weighted by atomic mass is 19.1. The highest BCUT2D eigenvalue weighted by Gasteiger charge is 2.48. The molecule has 1 amide bonds. The van der Waals surface area contributed by atoms with Gasteiger partial charge in [0.15, 0.2) is 0 Å². The number of hydrogen-bond acceptors (Lipinski definition) is 4. The predicted octanol–water partition coefficient (Wildman–Crippen LogP) is 5.08. The van der Waals surface area contributed by atoms with E-state index in [4.69, 9.17) is 4.74 Å². The Morgan fingerprint density at radius 2 is 1.66 bits per heavy atom. The molecule has 3 aromatic carbocycles. The largest absolute Gasteiger partial charge is 0.507 e. The molecule has 0 aliphatic carbocycles. The van der Waals surface area contributed by atoms with Gasteiger partial charge in [-0.3, -0.25) is 14.5 Å². The van der Waals surface area contributed by atoms with Crippen LogP contribution in [0.5, 0.6) is 5.75 Å². The summed E-state index contributed by atoms with van der Waals surface area (Å²) in [4.78, 5) is 27.5. The highest BCUT2D eigenvalue weighted by Crippen LogP contribution is 2.44. The number of methoxy groups -OCH3 is 1. The maximum absolute atomic E-state index is 14.9. The van der Waals surface area contributed by atoms with E-state index < -0.39 is 29.3 Å². The molecule has 0 radical (unpaired) electrons. The van der Waals surface area contributed by atoms with Gasteiger partial charge in [0.25, 0.3) is 11.7 Å². The van der Waals surface area contributed by atoms with Crippen molar-refractivity contribution in [2.24, 2.45) is 0 Å². The van der Waals surface area contributed by atoms with Gasteiger partial charge in [-0.25, -0.2) is 4.39 Å². The number of aryl methyl sites for hydroxylation is 2. The van der Waals surface area contributed by atoms with Crippen LogP contribution >= 0.6 is 0 Å². The molecular weight excluding hydrogens is 409 g/mol. The third-order valence-electron chi connectivity index (χ3n) is 5.56. The molecule has 3 aromatic rings. The second-order valence-electron chi connectivity index (χ2n) is 7.69. The van der Waals surface area contributed by atoms with Crippen LogP contribution in [0.4, 0.5) is 10.1 Å². The van der Waals surface area contributed by atoms with Crippen LogP contribution < -0.4 is 9.64 Å². The molecule has 162 valence electrons. The Kier molecular flexibility index (Phi) is 5.53. The average Bonchev–Trinajstić information content (AvgIpc) is 3.04. The summed E-state index contributed by atoms with van der Waals surface area (Å²) in [5.41, 5.74) is 2.22. The Labute approximate surface area is 185 Å². The first kappa shape index (κ1) is 21.3. The SMILES string of the molecule is COc1c(C)cc(C)cc1/C(O)=C1\C(=O)C(=O)N(c2ccccc2)C1c1ccccc1F. The number of Topliss-reactive ketones (excluding diaryl/α,β-unsaturated/α-hetero) is 1. The van der Waals surface area contributed by atoms with E-state index in [9.17, 15) is 19.1 Å². The summed E-state index contributed by atoms with van der Waals surface area (Å²) in [6, 6.07) is 16.9. The lowest BCUT2D eigenvalue weighted by atomic mass is 9.93. The van der Waals surface area contributed by atoms with Crippen LogP contribution in [0.3, 0.4) is 0 Å². The number of hydrogen-bond donors (Lipinski definition) is 1. The third-order valence-corrected chi connectivity index (χ3v) is 5.56. The fourth-order valence-electron chi connectivity index (χ4n) is 4.22. The summed E-state index contributed by atoms with van der Waals surface area (Å²) in [6.45, 7) is 3.67. The number of benzene rings is 3. The van der Waals surface area contributed by atoms with Crippen molar-refractivity contribution in [3.8, 4) is 5.75 Å². The highest BCUT2D eigenvalue weighted by molar-refractivity contribution is 6.51. The molecule has 1 saturated heterocycles. The zero-order valence-corrected chi connectivity index (χ0v) is 17.9. The van der Waals surface area contributed by atoms with Gasteiger partial charge in [-0.05, 0) is 49.2 Å². The van der Waals surface area contributed by atoms with Crippen LogP contribution in [-0.2, 0) is 9.59 Å². The minimum Gasteiger partial charge on any atom is -0.507 e. The summed E-state index contributed by atoms with van der Waals surface area (Å²) in [5.74, 6) is -2.33. The van der Waals surface area contributed by atoms with Gasteiger partial charge >= 0.3 is 0 Å². The van der Waals surface area contributed by atoms with Crippen molar-refractivity contribution in [2.75, 3.05) is 12.0 Å². The van der Waals surface area contributed by atoms with Crippen LogP contribution in [0.1, 0.15) is 28.3 Å². The molecule has 1 N–H and O–H groups in total. The van der Waals surface area contributed by atoms with Crippen LogP contribution in [0.2, 0.25) is 0 Å². The summed E-state index contributed by atoms with van der Waals surface area (Å²) in [6.07, 6.45) is 0. The Bertz CT molecular complexity index is 1250. The van der Waals surface area contributed by atoms with Crippen molar-refractivity contribution in [3.05, 3.63) is 100 Å². The Morgan fingerprint density at radius 1 is 1.00 bits per heavy atom. The smallest absolute Gasteiger partial charge is 0.300 e. The minimum absolute atomic E-state index is 0.112. The maximum atomic E-state index is 14.9. The van der Waals surface area contributed by atoms with Crippen molar-refractivity contribution in [2.45, 2.75) is 19.9 Å². The van der Waals surface area contributed by atoms with Gasteiger partial charge in [0, 0.05) is 11.3 Å². The van der Waals surface area contributed by atoms with E-state index in [2.05, 4.69) is 0 Å². The Morgan fingerprint density at radius 3 is 2.31 bits per heavy atom. The van der Waals surface area contributed by atoms with Crippen molar-refractivity contribution >= 4 is 23.1 Å². The molecular formula is C26H22FNO4. The van der Waals surface area contributed by atoms with Gasteiger partial charge in [0.2, 0.25) is 0 Å². The molecule has 1 fully saturated rings. The summed E-state index contributed by atoms with van der Waals surface area (Å²) >= 11 is 0. The monoisotopic (exact) mass is 431 g/mol. The molecule has 4 rings (SSSR count). The molecule has 0 aromatic heterocycles. The molecule has 1 heterocycles. The Hall–Kier alpha value is -3.93. The van der Waals surface area contributed by atoms with E-state index in [1.54, 1.807) is 42.5 Å². The molecule has 1 aliphatic rings. The second-order valence-corrected chi connectivity index (χ2v) is 7.69. The lowest BCUT2D eigenvalue weighted by molar-refractivity contribution is -0.132. The van der Waals surface area contributed by atoms with E-state index in [-0.39, 0.29) is 16.7 Å². The fourth-order valence-corrected chi connectivity index (χ4v) is 4.22. The standard InChI is InChI=1S/C26H22FNO4/c1-15-13-16(2)25(32-3)19(14-15)23(29)21-22(18-11-7-8-12-20(18)27)28(26(31)24(21)30)17-9-5-4-6-10-17/h4-14,22,29H,1-3H3/b23-21+. The molecule has 0 spiro atoms. The van der Waals surface area contributed by atoms with Crippen LogP contribution in [0, 0.1) is 19.7 Å². The number of aliphatic hydroxyl groups is 1. The number of carbonyl (C=O) groups is 2. The van der Waals surface area contributed by atoms with E-state index in [1.165, 1.54) is 30.2 Å². The lowest BCUT2D eigenvalue weighted by Crippen LogP contribution is -2.29. The van der Waals surface area contributed by atoms with Crippen molar-refractivity contribution in [1.82, 2.24) is 0 Å². The first-order valence-electron chi connectivity index (χ1n) is 10.1. The van der Waals surface area contributed by atoms with Gasteiger partial charge in [0.1, 0.15) is 17.3 Å². The van der Waals surface area contributed by atoms with Crippen LogP contribution in [-0.4, -0.2) is 23.9 Å². The topological polar surface area (TPSA) is 66.8 Å². The maximum Gasteiger partial charge on any atom is 0.300 e. The number of anilines is 1. The first-order valence-corrected chi connectivity index (χ1v) is 10.1. The summed E-state index contributed by atoms with van der Waals surface area (Å²) in [5, 5.41) is 11.3. The number of rotatable bonds is 4.